The van der Waals surface area contributed by atoms with Gasteiger partial charge in [0.2, 0.25) is 0 Å². The van der Waals surface area contributed by atoms with Crippen LogP contribution in [-0.2, 0) is 4.74 Å². The Hall–Kier alpha value is -3.30. The van der Waals surface area contributed by atoms with Crippen LogP contribution in [0, 0.1) is 6.92 Å². The number of piperazine rings is 2. The molecule has 202 valence electrons. The van der Waals surface area contributed by atoms with Crippen molar-refractivity contribution in [1.29, 1.82) is 0 Å². The average molecular weight is 536 g/mol. The number of ether oxygens (including phenoxy) is 1. The molecule has 0 radical (unpaired) electrons. The van der Waals surface area contributed by atoms with Crippen molar-refractivity contribution in [2.75, 3.05) is 68.5 Å². The van der Waals surface area contributed by atoms with Gasteiger partial charge in [0.25, 0.3) is 5.91 Å². The number of nitrogens with zero attached hydrogens (tertiary/aromatic N) is 4. The zero-order valence-corrected chi connectivity index (χ0v) is 23.7. The minimum absolute atomic E-state index is 0.0904. The number of anilines is 3. The van der Waals surface area contributed by atoms with Crippen LogP contribution in [0.1, 0.15) is 29.8 Å². The molecule has 2 atom stereocenters. The fourth-order valence-corrected chi connectivity index (χ4v) is 6.47. The van der Waals surface area contributed by atoms with Gasteiger partial charge in [-0.3, -0.25) is 9.69 Å². The molecule has 2 saturated heterocycles. The van der Waals surface area contributed by atoms with Gasteiger partial charge in [0.1, 0.15) is 0 Å². The third-order valence-electron chi connectivity index (χ3n) is 8.03. The van der Waals surface area contributed by atoms with Crippen LogP contribution in [0.25, 0.3) is 10.1 Å². The monoisotopic (exact) mass is 535 g/mol. The standard InChI is InChI=1S/C29H37N5O3S/c1-19-14-22(6-8-26(19)32-10-12-33(13-11-32)29(36)37-5)30-28(35)25-18-38-27-9-7-23(15-24(25)27)34-16-20(2)31(4)21(3)17-34/h6-9,14-15,18,20-21H,10-13,16-17H2,1-5H3,(H,30,35)/t20-,21?/m0/s1. The van der Waals surface area contributed by atoms with Crippen molar-refractivity contribution in [3.05, 3.63) is 52.9 Å². The summed E-state index contributed by atoms with van der Waals surface area (Å²) in [5.41, 5.74) is 4.87. The number of likely N-dealkylation sites (N-methyl/N-ethyl adjacent to an activating group) is 1. The summed E-state index contributed by atoms with van der Waals surface area (Å²) in [5, 5.41) is 6.08. The van der Waals surface area contributed by atoms with Gasteiger partial charge >= 0.3 is 6.09 Å². The summed E-state index contributed by atoms with van der Waals surface area (Å²) in [6.45, 7) is 11.3. The molecule has 2 aliphatic heterocycles. The van der Waals surface area contributed by atoms with Crippen molar-refractivity contribution < 1.29 is 14.3 Å². The molecule has 0 spiro atoms. The number of aryl methyl sites for hydroxylation is 1. The zero-order chi connectivity index (χ0) is 27.0. The van der Waals surface area contributed by atoms with E-state index in [1.165, 1.54) is 12.8 Å². The van der Waals surface area contributed by atoms with Crippen LogP contribution in [0.15, 0.2) is 41.8 Å². The van der Waals surface area contributed by atoms with Gasteiger partial charge in [-0.1, -0.05) is 0 Å². The maximum absolute atomic E-state index is 13.4. The Kier molecular flexibility index (Phi) is 7.49. The Labute approximate surface area is 228 Å². The van der Waals surface area contributed by atoms with Crippen molar-refractivity contribution in [3.63, 3.8) is 0 Å². The Morgan fingerprint density at radius 3 is 2.34 bits per heavy atom. The highest BCUT2D eigenvalue weighted by molar-refractivity contribution is 7.17. The quantitative estimate of drug-likeness (QED) is 0.514. The van der Waals surface area contributed by atoms with Crippen LogP contribution in [0.3, 0.4) is 0 Å². The van der Waals surface area contributed by atoms with Gasteiger partial charge in [-0.05, 0) is 69.8 Å². The molecule has 1 aromatic heterocycles. The van der Waals surface area contributed by atoms with Crippen LogP contribution in [0.5, 0.6) is 0 Å². The molecule has 1 N–H and O–H groups in total. The topological polar surface area (TPSA) is 68.4 Å². The van der Waals surface area contributed by atoms with Crippen molar-refractivity contribution in [2.45, 2.75) is 32.9 Å². The first-order valence-electron chi connectivity index (χ1n) is 13.2. The molecule has 8 nitrogen and oxygen atoms in total. The van der Waals surface area contributed by atoms with Gasteiger partial charge in [0, 0.05) is 83.9 Å². The average Bonchev–Trinajstić information content (AvgIpc) is 3.35. The molecule has 9 heteroatoms. The van der Waals surface area contributed by atoms with E-state index in [4.69, 9.17) is 4.74 Å². The summed E-state index contributed by atoms with van der Waals surface area (Å²) >= 11 is 1.61. The van der Waals surface area contributed by atoms with Crippen molar-refractivity contribution in [1.82, 2.24) is 9.80 Å². The summed E-state index contributed by atoms with van der Waals surface area (Å²) in [7, 11) is 3.61. The number of carbonyl (C=O) groups is 2. The summed E-state index contributed by atoms with van der Waals surface area (Å²) in [6, 6.07) is 13.5. The van der Waals surface area contributed by atoms with Gasteiger partial charge in [-0.15, -0.1) is 11.3 Å². The lowest BCUT2D eigenvalue weighted by atomic mass is 10.1. The van der Waals surface area contributed by atoms with E-state index >= 15 is 0 Å². The van der Waals surface area contributed by atoms with Crippen molar-refractivity contribution in [2.24, 2.45) is 0 Å². The molecule has 2 aliphatic rings. The Bertz CT molecular complexity index is 1320. The molecular formula is C29H37N5O3S. The molecule has 2 amide bonds. The third-order valence-corrected chi connectivity index (χ3v) is 9.00. The summed E-state index contributed by atoms with van der Waals surface area (Å²) in [5.74, 6) is -0.0904. The van der Waals surface area contributed by atoms with Crippen LogP contribution in [0.4, 0.5) is 21.9 Å². The van der Waals surface area contributed by atoms with E-state index in [9.17, 15) is 9.59 Å². The number of nitrogens with one attached hydrogen (secondary N) is 1. The van der Waals surface area contributed by atoms with Crippen LogP contribution < -0.4 is 15.1 Å². The minimum atomic E-state index is -0.278. The number of carbonyl (C=O) groups excluding carboxylic acids is 2. The summed E-state index contributed by atoms with van der Waals surface area (Å²) in [6.07, 6.45) is -0.278. The van der Waals surface area contributed by atoms with E-state index in [0.29, 0.717) is 30.7 Å². The van der Waals surface area contributed by atoms with Crippen molar-refractivity contribution >= 4 is 50.5 Å². The first kappa shape index (κ1) is 26.3. The molecule has 0 aliphatic carbocycles. The molecule has 0 saturated carbocycles. The zero-order valence-electron chi connectivity index (χ0n) is 22.9. The highest BCUT2D eigenvalue weighted by Crippen LogP contribution is 2.32. The number of hydrogen-bond acceptors (Lipinski definition) is 7. The van der Waals surface area contributed by atoms with E-state index in [1.807, 2.05) is 17.5 Å². The van der Waals surface area contributed by atoms with Gasteiger partial charge in [-0.2, -0.15) is 0 Å². The predicted molar refractivity (Wildman–Crippen MR) is 156 cm³/mol. The lowest BCUT2D eigenvalue weighted by Crippen LogP contribution is -2.55. The molecule has 0 bridgehead atoms. The first-order chi connectivity index (χ1) is 18.2. The number of hydrogen-bond donors (Lipinski definition) is 1. The van der Waals surface area contributed by atoms with E-state index in [0.717, 1.165) is 53.2 Å². The maximum Gasteiger partial charge on any atom is 0.409 e. The molecular weight excluding hydrogens is 498 g/mol. The molecule has 1 unspecified atom stereocenters. The predicted octanol–water partition coefficient (Wildman–Crippen LogP) is 4.88. The fourth-order valence-electron chi connectivity index (χ4n) is 5.55. The number of methoxy groups -OCH3 is 1. The molecule has 5 rings (SSSR count). The normalized spacial score (nSPS) is 20.6. The highest BCUT2D eigenvalue weighted by Gasteiger charge is 2.27. The number of rotatable bonds is 4. The van der Waals surface area contributed by atoms with E-state index in [2.05, 4.69) is 72.1 Å². The Morgan fingerprint density at radius 2 is 1.68 bits per heavy atom. The van der Waals surface area contributed by atoms with E-state index < -0.39 is 0 Å². The van der Waals surface area contributed by atoms with Crippen LogP contribution >= 0.6 is 11.3 Å². The lowest BCUT2D eigenvalue weighted by molar-refractivity contribution is 0.102. The lowest BCUT2D eigenvalue weighted by Gasteiger charge is -2.43. The Morgan fingerprint density at radius 1 is 0.974 bits per heavy atom. The second-order valence-corrected chi connectivity index (χ2v) is 11.4. The number of thiophene rings is 1. The van der Waals surface area contributed by atoms with Crippen LogP contribution in [0.2, 0.25) is 0 Å². The molecule has 38 heavy (non-hydrogen) atoms. The summed E-state index contributed by atoms with van der Waals surface area (Å²) in [4.78, 5) is 34.0. The van der Waals surface area contributed by atoms with Gasteiger partial charge < -0.3 is 24.8 Å². The van der Waals surface area contributed by atoms with Gasteiger partial charge in [0.05, 0.1) is 12.7 Å². The second kappa shape index (κ2) is 10.8. The third kappa shape index (κ3) is 5.17. The molecule has 2 fully saturated rings. The first-order valence-corrected chi connectivity index (χ1v) is 14.1. The van der Waals surface area contributed by atoms with Crippen LogP contribution in [-0.4, -0.2) is 87.3 Å². The number of fused-ring (bicyclic) bond motifs is 1. The van der Waals surface area contributed by atoms with E-state index in [-0.39, 0.29) is 12.0 Å². The van der Waals surface area contributed by atoms with Gasteiger partial charge in [0.15, 0.2) is 0 Å². The van der Waals surface area contributed by atoms with Gasteiger partial charge in [-0.25, -0.2) is 4.79 Å². The minimum Gasteiger partial charge on any atom is -0.453 e. The molecule has 2 aromatic carbocycles. The smallest absolute Gasteiger partial charge is 0.409 e. The SMILES string of the molecule is COC(=O)N1CCN(c2ccc(NC(=O)c3csc4ccc(N5CC(C)N(C)[C@@H](C)C5)cc34)cc2C)CC1. The molecule has 3 heterocycles. The summed E-state index contributed by atoms with van der Waals surface area (Å²) < 4.78 is 5.96. The Balaban J connectivity index is 1.29. The maximum atomic E-state index is 13.4. The van der Waals surface area contributed by atoms with Crippen molar-refractivity contribution in [3.8, 4) is 0 Å². The number of benzene rings is 2. The van der Waals surface area contributed by atoms with E-state index in [1.54, 1.807) is 16.2 Å². The largest absolute Gasteiger partial charge is 0.453 e. The fraction of sp³-hybridized carbons (Fsp3) is 0.448. The highest BCUT2D eigenvalue weighted by atomic mass is 32.1. The second-order valence-electron chi connectivity index (χ2n) is 10.5. The molecule has 3 aromatic rings. The number of amides is 2.